The van der Waals surface area contributed by atoms with E-state index in [0.29, 0.717) is 5.82 Å². The standard InChI is InChI=1S/C13H14N2O2S/c1-13(2,12(16)17-3)11-14-7-6-9(15-11)10-5-4-8-18-10/h4-8H,1-3H3. The number of carbonyl (C=O) groups is 1. The van der Waals surface area contributed by atoms with E-state index >= 15 is 0 Å². The van der Waals surface area contributed by atoms with Crippen LogP contribution in [0.3, 0.4) is 0 Å². The molecular formula is C13H14N2O2S. The first-order valence-corrected chi connectivity index (χ1v) is 6.39. The lowest BCUT2D eigenvalue weighted by molar-refractivity contribution is -0.146. The maximum Gasteiger partial charge on any atom is 0.318 e. The number of methoxy groups -OCH3 is 1. The number of aromatic nitrogens is 2. The van der Waals surface area contributed by atoms with E-state index in [1.807, 2.05) is 23.6 Å². The number of ether oxygens (including phenoxy) is 1. The topological polar surface area (TPSA) is 52.1 Å². The van der Waals surface area contributed by atoms with E-state index in [1.165, 1.54) is 7.11 Å². The summed E-state index contributed by atoms with van der Waals surface area (Å²) in [5, 5.41) is 1.99. The smallest absolute Gasteiger partial charge is 0.318 e. The molecule has 2 aromatic heterocycles. The highest BCUT2D eigenvalue weighted by molar-refractivity contribution is 7.13. The molecule has 0 saturated heterocycles. The van der Waals surface area contributed by atoms with Crippen molar-refractivity contribution < 1.29 is 9.53 Å². The zero-order valence-electron chi connectivity index (χ0n) is 10.5. The molecule has 94 valence electrons. The number of thiophene rings is 1. The summed E-state index contributed by atoms with van der Waals surface area (Å²) < 4.78 is 4.78. The maximum atomic E-state index is 11.7. The lowest BCUT2D eigenvalue weighted by atomic mass is 9.92. The predicted octanol–water partition coefficient (Wildman–Crippen LogP) is 2.66. The molecule has 18 heavy (non-hydrogen) atoms. The van der Waals surface area contributed by atoms with Crippen molar-refractivity contribution in [3.8, 4) is 10.6 Å². The van der Waals surface area contributed by atoms with Gasteiger partial charge in [-0.25, -0.2) is 9.97 Å². The predicted molar refractivity (Wildman–Crippen MR) is 70.4 cm³/mol. The lowest BCUT2D eigenvalue weighted by Crippen LogP contribution is -2.32. The van der Waals surface area contributed by atoms with Crippen LogP contribution in [0.4, 0.5) is 0 Å². The molecule has 0 unspecified atom stereocenters. The molecule has 0 aliphatic heterocycles. The number of rotatable bonds is 3. The maximum absolute atomic E-state index is 11.7. The van der Waals surface area contributed by atoms with E-state index in [1.54, 1.807) is 31.4 Å². The highest BCUT2D eigenvalue weighted by Gasteiger charge is 2.34. The van der Waals surface area contributed by atoms with Gasteiger partial charge in [0.1, 0.15) is 11.2 Å². The second-order valence-corrected chi connectivity index (χ2v) is 5.31. The van der Waals surface area contributed by atoms with Crippen molar-refractivity contribution in [1.29, 1.82) is 0 Å². The number of hydrogen-bond acceptors (Lipinski definition) is 5. The number of nitrogens with zero attached hydrogens (tertiary/aromatic N) is 2. The van der Waals surface area contributed by atoms with E-state index < -0.39 is 5.41 Å². The highest BCUT2D eigenvalue weighted by Crippen LogP contribution is 2.26. The van der Waals surface area contributed by atoms with Gasteiger partial charge in [-0.3, -0.25) is 4.79 Å². The fraction of sp³-hybridized carbons (Fsp3) is 0.308. The summed E-state index contributed by atoms with van der Waals surface area (Å²) in [6.45, 7) is 3.51. The molecule has 2 heterocycles. The zero-order chi connectivity index (χ0) is 13.2. The van der Waals surface area contributed by atoms with Gasteiger partial charge in [-0.05, 0) is 31.4 Å². The fourth-order valence-corrected chi connectivity index (χ4v) is 2.26. The van der Waals surface area contributed by atoms with Gasteiger partial charge in [0, 0.05) is 6.20 Å². The quantitative estimate of drug-likeness (QED) is 0.798. The highest BCUT2D eigenvalue weighted by atomic mass is 32.1. The average Bonchev–Trinajstić information content (AvgIpc) is 2.91. The molecule has 4 nitrogen and oxygen atoms in total. The molecule has 0 N–H and O–H groups in total. The Hall–Kier alpha value is -1.75. The minimum absolute atomic E-state index is 0.342. The van der Waals surface area contributed by atoms with E-state index in [4.69, 9.17) is 4.74 Å². The summed E-state index contributed by atoms with van der Waals surface area (Å²) in [5.74, 6) is 0.131. The largest absolute Gasteiger partial charge is 0.468 e. The van der Waals surface area contributed by atoms with Crippen molar-refractivity contribution in [2.75, 3.05) is 7.11 Å². The van der Waals surface area contributed by atoms with Gasteiger partial charge in [-0.15, -0.1) is 11.3 Å². The van der Waals surface area contributed by atoms with Crippen LogP contribution in [0.25, 0.3) is 10.6 Å². The molecule has 0 aromatic carbocycles. The fourth-order valence-electron chi connectivity index (χ4n) is 1.57. The molecule has 0 atom stereocenters. The normalized spacial score (nSPS) is 11.3. The molecular weight excluding hydrogens is 248 g/mol. The van der Waals surface area contributed by atoms with E-state index in [-0.39, 0.29) is 5.97 Å². The van der Waals surface area contributed by atoms with E-state index in [0.717, 1.165) is 10.6 Å². The summed E-state index contributed by atoms with van der Waals surface area (Å²) in [6, 6.07) is 5.79. The van der Waals surface area contributed by atoms with Gasteiger partial charge in [0.25, 0.3) is 0 Å². The Bertz CT molecular complexity index is 550. The van der Waals surface area contributed by atoms with Gasteiger partial charge in [0.05, 0.1) is 17.7 Å². The summed E-state index contributed by atoms with van der Waals surface area (Å²) in [4.78, 5) is 21.4. The number of esters is 1. The molecule has 0 spiro atoms. The molecule has 2 aromatic rings. The zero-order valence-corrected chi connectivity index (χ0v) is 11.3. The first-order valence-electron chi connectivity index (χ1n) is 5.51. The minimum Gasteiger partial charge on any atom is -0.468 e. The molecule has 5 heteroatoms. The lowest BCUT2D eigenvalue weighted by Gasteiger charge is -2.19. The van der Waals surface area contributed by atoms with Crippen LogP contribution in [-0.2, 0) is 14.9 Å². The van der Waals surface area contributed by atoms with Crippen LogP contribution in [0.15, 0.2) is 29.8 Å². The van der Waals surface area contributed by atoms with Crippen molar-refractivity contribution in [2.24, 2.45) is 0 Å². The minimum atomic E-state index is -0.845. The third kappa shape index (κ3) is 2.26. The van der Waals surface area contributed by atoms with Crippen molar-refractivity contribution in [3.05, 3.63) is 35.6 Å². The Morgan fingerprint density at radius 3 is 2.78 bits per heavy atom. The summed E-state index contributed by atoms with van der Waals surface area (Å²) in [7, 11) is 1.37. The van der Waals surface area contributed by atoms with Gasteiger partial charge >= 0.3 is 5.97 Å². The van der Waals surface area contributed by atoms with Gasteiger partial charge in [-0.1, -0.05) is 6.07 Å². The second-order valence-electron chi connectivity index (χ2n) is 4.36. The first kappa shape index (κ1) is 12.7. The number of carbonyl (C=O) groups excluding carboxylic acids is 1. The molecule has 2 rings (SSSR count). The van der Waals surface area contributed by atoms with Crippen LogP contribution >= 0.6 is 11.3 Å². The van der Waals surface area contributed by atoms with Gasteiger partial charge < -0.3 is 4.74 Å². The van der Waals surface area contributed by atoms with Gasteiger partial charge in [0.2, 0.25) is 0 Å². The van der Waals surface area contributed by atoms with Gasteiger partial charge in [0.15, 0.2) is 0 Å². The summed E-state index contributed by atoms with van der Waals surface area (Å²) in [5.41, 5.74) is -0.0193. The summed E-state index contributed by atoms with van der Waals surface area (Å²) >= 11 is 1.60. The Morgan fingerprint density at radius 1 is 1.39 bits per heavy atom. The van der Waals surface area contributed by atoms with Crippen molar-refractivity contribution in [3.63, 3.8) is 0 Å². The third-order valence-corrected chi connectivity index (χ3v) is 3.58. The summed E-state index contributed by atoms with van der Waals surface area (Å²) in [6.07, 6.45) is 1.67. The molecule has 0 saturated carbocycles. The Labute approximate surface area is 110 Å². The monoisotopic (exact) mass is 262 g/mol. The van der Waals surface area contributed by atoms with E-state index in [2.05, 4.69) is 9.97 Å². The van der Waals surface area contributed by atoms with Crippen LogP contribution in [0.5, 0.6) is 0 Å². The van der Waals surface area contributed by atoms with Crippen LogP contribution in [0.1, 0.15) is 19.7 Å². The van der Waals surface area contributed by atoms with Crippen LogP contribution < -0.4 is 0 Å². The van der Waals surface area contributed by atoms with Crippen LogP contribution in [-0.4, -0.2) is 23.0 Å². The molecule has 0 radical (unpaired) electrons. The molecule has 0 bridgehead atoms. The molecule has 0 fully saturated rings. The Morgan fingerprint density at radius 2 is 2.17 bits per heavy atom. The number of hydrogen-bond donors (Lipinski definition) is 0. The van der Waals surface area contributed by atoms with Crippen LogP contribution in [0.2, 0.25) is 0 Å². The van der Waals surface area contributed by atoms with Crippen molar-refractivity contribution in [1.82, 2.24) is 9.97 Å². The van der Waals surface area contributed by atoms with Crippen molar-refractivity contribution in [2.45, 2.75) is 19.3 Å². The SMILES string of the molecule is COC(=O)C(C)(C)c1nccc(-c2cccs2)n1. The first-order chi connectivity index (χ1) is 8.55. The molecule has 0 aliphatic carbocycles. The van der Waals surface area contributed by atoms with Gasteiger partial charge in [-0.2, -0.15) is 0 Å². The third-order valence-electron chi connectivity index (χ3n) is 2.68. The van der Waals surface area contributed by atoms with Crippen LogP contribution in [0, 0.1) is 0 Å². The Balaban J connectivity index is 2.42. The van der Waals surface area contributed by atoms with Crippen molar-refractivity contribution >= 4 is 17.3 Å². The average molecular weight is 262 g/mol. The Kier molecular flexibility index (Phi) is 3.43. The van der Waals surface area contributed by atoms with E-state index in [9.17, 15) is 4.79 Å². The molecule has 0 aliphatic rings. The second kappa shape index (κ2) is 4.86. The molecule has 0 amide bonds.